The predicted octanol–water partition coefficient (Wildman–Crippen LogP) is 4.10. The van der Waals surface area contributed by atoms with Crippen molar-refractivity contribution in [3.63, 3.8) is 0 Å². The summed E-state index contributed by atoms with van der Waals surface area (Å²) in [6.07, 6.45) is 0. The number of carbonyl (C=O) groups is 1. The van der Waals surface area contributed by atoms with Crippen LogP contribution in [0.3, 0.4) is 0 Å². The van der Waals surface area contributed by atoms with E-state index in [0.717, 1.165) is 28.8 Å². The fraction of sp³-hybridized carbons (Fsp3) is 0.286. The van der Waals surface area contributed by atoms with Gasteiger partial charge in [-0.25, -0.2) is 4.79 Å². The molecule has 136 valence electrons. The number of benzene rings is 2. The summed E-state index contributed by atoms with van der Waals surface area (Å²) in [5, 5.41) is 7.07. The van der Waals surface area contributed by atoms with E-state index in [4.69, 9.17) is 4.42 Å². The number of carbonyl (C=O) groups excluding carboxylic acids is 1. The predicted molar refractivity (Wildman–Crippen MR) is 104 cm³/mol. The van der Waals surface area contributed by atoms with E-state index in [0.29, 0.717) is 0 Å². The third-order valence-corrected chi connectivity index (χ3v) is 4.27. The van der Waals surface area contributed by atoms with Crippen LogP contribution in [0.2, 0.25) is 0 Å². The smallest absolute Gasteiger partial charge is 0.315 e. The number of rotatable bonds is 6. The number of nitrogens with zero attached hydrogens (tertiary/aromatic N) is 1. The van der Waals surface area contributed by atoms with E-state index in [-0.39, 0.29) is 18.1 Å². The van der Waals surface area contributed by atoms with Crippen LogP contribution in [0.25, 0.3) is 11.0 Å². The molecule has 3 rings (SSSR count). The molecule has 2 unspecified atom stereocenters. The summed E-state index contributed by atoms with van der Waals surface area (Å²) in [6.45, 7) is 2.64. The fourth-order valence-corrected chi connectivity index (χ4v) is 2.97. The van der Waals surface area contributed by atoms with Crippen molar-refractivity contribution >= 4 is 17.0 Å². The quantitative estimate of drug-likeness (QED) is 0.703. The van der Waals surface area contributed by atoms with Gasteiger partial charge in [0, 0.05) is 11.9 Å². The molecular weight excluding hydrogens is 326 g/mol. The molecule has 26 heavy (non-hydrogen) atoms. The number of hydrogen-bond donors (Lipinski definition) is 2. The molecule has 2 N–H and O–H groups in total. The first-order chi connectivity index (χ1) is 12.5. The van der Waals surface area contributed by atoms with Gasteiger partial charge in [0.25, 0.3) is 0 Å². The summed E-state index contributed by atoms with van der Waals surface area (Å²) < 4.78 is 5.83. The topological polar surface area (TPSA) is 57.5 Å². The van der Waals surface area contributed by atoms with Gasteiger partial charge in [0.2, 0.25) is 0 Å². The molecular formula is C21H25N3O2. The minimum Gasteiger partial charge on any atom is -0.459 e. The highest BCUT2D eigenvalue weighted by Gasteiger charge is 2.18. The molecule has 1 heterocycles. The first-order valence-corrected chi connectivity index (χ1v) is 8.78. The first kappa shape index (κ1) is 18.0. The fourth-order valence-electron chi connectivity index (χ4n) is 2.97. The summed E-state index contributed by atoms with van der Waals surface area (Å²) >= 11 is 0. The van der Waals surface area contributed by atoms with E-state index in [2.05, 4.69) is 15.5 Å². The van der Waals surface area contributed by atoms with Crippen LogP contribution in [0.4, 0.5) is 4.79 Å². The molecule has 0 aliphatic rings. The first-order valence-electron chi connectivity index (χ1n) is 8.78. The highest BCUT2D eigenvalue weighted by atomic mass is 16.3. The lowest BCUT2D eigenvalue weighted by Gasteiger charge is -2.24. The van der Waals surface area contributed by atoms with Gasteiger partial charge in [-0.2, -0.15) is 0 Å². The Hall–Kier alpha value is -2.79. The number of likely N-dealkylation sites (N-methyl/N-ethyl adjacent to an activating group) is 1. The molecule has 0 aliphatic carbocycles. The number of para-hydroxylation sites is 1. The molecule has 2 aromatic carbocycles. The highest BCUT2D eigenvalue weighted by Crippen LogP contribution is 2.23. The molecule has 0 radical (unpaired) electrons. The molecule has 2 amide bonds. The molecule has 0 bridgehead atoms. The minimum absolute atomic E-state index is 0.0888. The highest BCUT2D eigenvalue weighted by molar-refractivity contribution is 5.78. The van der Waals surface area contributed by atoms with Crippen LogP contribution in [-0.4, -0.2) is 31.6 Å². The third-order valence-electron chi connectivity index (χ3n) is 4.27. The zero-order valence-electron chi connectivity index (χ0n) is 15.4. The molecule has 5 heteroatoms. The van der Waals surface area contributed by atoms with Crippen LogP contribution in [0.1, 0.15) is 30.3 Å². The summed E-state index contributed by atoms with van der Waals surface area (Å²) in [5.41, 5.74) is 1.90. The van der Waals surface area contributed by atoms with Crippen molar-refractivity contribution in [2.75, 3.05) is 20.6 Å². The number of amides is 2. The van der Waals surface area contributed by atoms with E-state index in [1.54, 1.807) is 0 Å². The average molecular weight is 351 g/mol. The van der Waals surface area contributed by atoms with Crippen molar-refractivity contribution in [2.24, 2.45) is 0 Å². The second-order valence-electron chi connectivity index (χ2n) is 6.75. The molecule has 0 fully saturated rings. The lowest BCUT2D eigenvalue weighted by Crippen LogP contribution is -2.42. The zero-order valence-corrected chi connectivity index (χ0v) is 15.4. The van der Waals surface area contributed by atoms with Crippen molar-refractivity contribution < 1.29 is 9.21 Å². The Morgan fingerprint density at radius 3 is 2.42 bits per heavy atom. The number of hydrogen-bond acceptors (Lipinski definition) is 3. The molecule has 5 nitrogen and oxygen atoms in total. The minimum atomic E-state index is -0.224. The lowest BCUT2D eigenvalue weighted by molar-refractivity contribution is 0.228. The van der Waals surface area contributed by atoms with E-state index >= 15 is 0 Å². The number of nitrogens with one attached hydrogen (secondary N) is 2. The van der Waals surface area contributed by atoms with Gasteiger partial charge in [0.15, 0.2) is 0 Å². The molecule has 3 aromatic rings. The standard InChI is InChI=1S/C21H25N3O2/c1-15(20-13-17-11-7-8-12-19(17)26-20)22-21(25)23-18(14-24(2)3)16-9-5-4-6-10-16/h4-13,15,18H,14H2,1-3H3,(H2,22,23,25). The van der Waals surface area contributed by atoms with Gasteiger partial charge >= 0.3 is 6.03 Å². The van der Waals surface area contributed by atoms with Crippen LogP contribution in [-0.2, 0) is 0 Å². The Balaban J connectivity index is 1.67. The number of urea groups is 1. The normalized spacial score (nSPS) is 13.5. The molecule has 0 saturated carbocycles. The Kier molecular flexibility index (Phi) is 5.58. The van der Waals surface area contributed by atoms with Gasteiger partial charge in [0.05, 0.1) is 12.1 Å². The van der Waals surface area contributed by atoms with E-state index in [1.165, 1.54) is 0 Å². The number of furan rings is 1. The summed E-state index contributed by atoms with van der Waals surface area (Å²) in [7, 11) is 3.99. The van der Waals surface area contributed by atoms with Crippen molar-refractivity contribution in [1.82, 2.24) is 15.5 Å². The molecule has 0 spiro atoms. The summed E-state index contributed by atoms with van der Waals surface area (Å²) in [4.78, 5) is 14.6. The second-order valence-corrected chi connectivity index (χ2v) is 6.75. The van der Waals surface area contributed by atoms with Crippen molar-refractivity contribution in [2.45, 2.75) is 19.0 Å². The van der Waals surface area contributed by atoms with Crippen LogP contribution >= 0.6 is 0 Å². The van der Waals surface area contributed by atoms with E-state index in [9.17, 15) is 4.79 Å². The van der Waals surface area contributed by atoms with Crippen molar-refractivity contribution in [1.29, 1.82) is 0 Å². The zero-order chi connectivity index (χ0) is 18.5. The lowest BCUT2D eigenvalue weighted by atomic mass is 10.1. The Bertz CT molecular complexity index is 825. The summed E-state index contributed by atoms with van der Waals surface area (Å²) in [6, 6.07) is 19.3. The Morgan fingerprint density at radius 1 is 1.04 bits per heavy atom. The molecule has 1 aromatic heterocycles. The monoisotopic (exact) mass is 351 g/mol. The van der Waals surface area contributed by atoms with E-state index < -0.39 is 0 Å². The molecule has 2 atom stereocenters. The maximum absolute atomic E-state index is 12.5. The average Bonchev–Trinajstić information content (AvgIpc) is 3.06. The van der Waals surface area contributed by atoms with Crippen molar-refractivity contribution in [3.05, 3.63) is 72.0 Å². The van der Waals surface area contributed by atoms with Gasteiger partial charge in [-0.05, 0) is 38.7 Å². The van der Waals surface area contributed by atoms with Crippen LogP contribution in [0, 0.1) is 0 Å². The Labute approximate surface area is 154 Å². The molecule has 0 saturated heterocycles. The van der Waals surface area contributed by atoms with Gasteiger partial charge in [0.1, 0.15) is 11.3 Å². The van der Waals surface area contributed by atoms with Gasteiger partial charge in [-0.3, -0.25) is 0 Å². The van der Waals surface area contributed by atoms with Gasteiger partial charge in [-0.15, -0.1) is 0 Å². The molecule has 0 aliphatic heterocycles. The van der Waals surface area contributed by atoms with Crippen LogP contribution in [0.5, 0.6) is 0 Å². The second kappa shape index (κ2) is 8.06. The van der Waals surface area contributed by atoms with Gasteiger partial charge < -0.3 is 20.0 Å². The maximum Gasteiger partial charge on any atom is 0.315 e. The third kappa shape index (κ3) is 4.43. The van der Waals surface area contributed by atoms with Gasteiger partial charge in [-0.1, -0.05) is 48.5 Å². The Morgan fingerprint density at radius 2 is 1.73 bits per heavy atom. The number of fused-ring (bicyclic) bond motifs is 1. The van der Waals surface area contributed by atoms with Crippen molar-refractivity contribution in [3.8, 4) is 0 Å². The SMILES string of the molecule is CC(NC(=O)NC(CN(C)C)c1ccccc1)c1cc2ccccc2o1. The largest absolute Gasteiger partial charge is 0.459 e. The van der Waals surface area contributed by atoms with Crippen LogP contribution < -0.4 is 10.6 Å². The van der Waals surface area contributed by atoms with E-state index in [1.807, 2.05) is 81.7 Å². The maximum atomic E-state index is 12.5. The van der Waals surface area contributed by atoms with Crippen LogP contribution in [0.15, 0.2) is 65.1 Å². The summed E-state index contributed by atoms with van der Waals surface area (Å²) in [5.74, 6) is 0.741.